The van der Waals surface area contributed by atoms with Crippen LogP contribution in [0.25, 0.3) is 0 Å². The second kappa shape index (κ2) is 8.99. The molecule has 1 saturated carbocycles. The molecule has 5 nitrogen and oxygen atoms in total. The first-order chi connectivity index (χ1) is 12.6. The van der Waals surface area contributed by atoms with Crippen LogP contribution in [0.1, 0.15) is 55.9 Å². The van der Waals surface area contributed by atoms with Crippen LogP contribution in [0.15, 0.2) is 42.6 Å². The van der Waals surface area contributed by atoms with E-state index in [0.29, 0.717) is 19.4 Å². The Kier molecular flexibility index (Phi) is 6.45. The van der Waals surface area contributed by atoms with Gasteiger partial charge in [-0.2, -0.15) is 5.10 Å². The molecule has 5 heteroatoms. The second-order valence-corrected chi connectivity index (χ2v) is 7.21. The first kappa shape index (κ1) is 18.6. The largest absolute Gasteiger partial charge is 0.387 e. The molecule has 1 aliphatic rings. The second-order valence-electron chi connectivity index (χ2n) is 7.21. The number of benzene rings is 1. The molecule has 0 unspecified atom stereocenters. The maximum atomic E-state index is 13.0. The molecule has 26 heavy (non-hydrogen) atoms. The van der Waals surface area contributed by atoms with Crippen LogP contribution in [-0.2, 0) is 18.3 Å². The van der Waals surface area contributed by atoms with Gasteiger partial charge in [0.2, 0.25) is 5.91 Å². The molecule has 1 aliphatic carbocycles. The van der Waals surface area contributed by atoms with E-state index in [2.05, 4.69) is 5.10 Å². The lowest BCUT2D eigenvalue weighted by Gasteiger charge is -2.36. The number of nitrogens with zero attached hydrogens (tertiary/aromatic N) is 3. The van der Waals surface area contributed by atoms with Crippen LogP contribution in [0.3, 0.4) is 0 Å². The van der Waals surface area contributed by atoms with Crippen LogP contribution in [0.4, 0.5) is 0 Å². The summed E-state index contributed by atoms with van der Waals surface area (Å²) in [6.07, 6.45) is 7.91. The Morgan fingerprint density at radius 2 is 1.96 bits per heavy atom. The van der Waals surface area contributed by atoms with Gasteiger partial charge in [0.05, 0.1) is 12.6 Å². The summed E-state index contributed by atoms with van der Waals surface area (Å²) in [5, 5.41) is 14.8. The summed E-state index contributed by atoms with van der Waals surface area (Å²) in [6.45, 7) is 0.374. The predicted molar refractivity (Wildman–Crippen MR) is 102 cm³/mol. The van der Waals surface area contributed by atoms with E-state index in [9.17, 15) is 9.90 Å². The molecular weight excluding hydrogens is 326 g/mol. The zero-order chi connectivity index (χ0) is 18.4. The number of rotatable bonds is 7. The highest BCUT2D eigenvalue weighted by atomic mass is 16.3. The molecule has 0 saturated heterocycles. The third kappa shape index (κ3) is 4.73. The molecule has 1 N–H and O–H groups in total. The summed E-state index contributed by atoms with van der Waals surface area (Å²) in [4.78, 5) is 14.9. The zero-order valence-electron chi connectivity index (χ0n) is 15.6. The van der Waals surface area contributed by atoms with Gasteiger partial charge in [-0.25, -0.2) is 0 Å². The first-order valence-electron chi connectivity index (χ1n) is 9.64. The summed E-state index contributed by atoms with van der Waals surface area (Å²) < 4.78 is 1.82. The van der Waals surface area contributed by atoms with Gasteiger partial charge in [0.25, 0.3) is 0 Å². The maximum Gasteiger partial charge on any atom is 0.223 e. The SMILES string of the molecule is Cn1nccc1CCC(=O)N(C[C@@H](O)c1ccccc1)C1CCCCC1. The number of hydrogen-bond acceptors (Lipinski definition) is 3. The highest BCUT2D eigenvalue weighted by Gasteiger charge is 2.27. The number of amides is 1. The normalized spacial score (nSPS) is 16.4. The molecule has 0 radical (unpaired) electrons. The Balaban J connectivity index is 1.67. The van der Waals surface area contributed by atoms with E-state index in [1.165, 1.54) is 6.42 Å². The Bertz CT molecular complexity index is 692. The van der Waals surface area contributed by atoms with E-state index in [4.69, 9.17) is 0 Å². The number of carbonyl (C=O) groups is 1. The number of aromatic nitrogens is 2. The van der Waals surface area contributed by atoms with Crippen molar-refractivity contribution in [2.24, 2.45) is 7.05 Å². The lowest BCUT2D eigenvalue weighted by Crippen LogP contribution is -2.44. The monoisotopic (exact) mass is 355 g/mol. The number of aryl methyl sites for hydroxylation is 2. The molecule has 0 aliphatic heterocycles. The highest BCUT2D eigenvalue weighted by molar-refractivity contribution is 5.76. The molecule has 1 aromatic carbocycles. The Morgan fingerprint density at radius 3 is 2.62 bits per heavy atom. The van der Waals surface area contributed by atoms with Crippen LogP contribution >= 0.6 is 0 Å². The third-order valence-electron chi connectivity index (χ3n) is 5.41. The molecule has 0 spiro atoms. The molecule has 2 aromatic rings. The fraction of sp³-hybridized carbons (Fsp3) is 0.524. The van der Waals surface area contributed by atoms with E-state index < -0.39 is 6.10 Å². The molecule has 1 heterocycles. The van der Waals surface area contributed by atoms with Crippen LogP contribution in [0.5, 0.6) is 0 Å². The van der Waals surface area contributed by atoms with Gasteiger partial charge in [0.15, 0.2) is 0 Å². The minimum absolute atomic E-state index is 0.132. The van der Waals surface area contributed by atoms with Gasteiger partial charge in [0, 0.05) is 31.4 Å². The fourth-order valence-electron chi connectivity index (χ4n) is 3.84. The average Bonchev–Trinajstić information content (AvgIpc) is 3.10. The molecule has 1 amide bonds. The van der Waals surface area contributed by atoms with Gasteiger partial charge in [-0.3, -0.25) is 9.48 Å². The first-order valence-corrected chi connectivity index (χ1v) is 9.64. The van der Waals surface area contributed by atoms with Gasteiger partial charge in [-0.15, -0.1) is 0 Å². The van der Waals surface area contributed by atoms with Gasteiger partial charge in [-0.05, 0) is 30.9 Å². The number of aliphatic hydroxyl groups is 1. The molecule has 3 rings (SSSR count). The van der Waals surface area contributed by atoms with Crippen LogP contribution < -0.4 is 0 Å². The minimum atomic E-state index is -0.640. The number of aliphatic hydroxyl groups excluding tert-OH is 1. The average molecular weight is 355 g/mol. The van der Waals surface area contributed by atoms with E-state index in [1.54, 1.807) is 6.20 Å². The van der Waals surface area contributed by atoms with Gasteiger partial charge >= 0.3 is 0 Å². The predicted octanol–water partition coefficient (Wildman–Crippen LogP) is 3.25. The van der Waals surface area contributed by atoms with Crippen molar-refractivity contribution >= 4 is 5.91 Å². The van der Waals surface area contributed by atoms with Gasteiger partial charge in [-0.1, -0.05) is 49.6 Å². The fourth-order valence-corrected chi connectivity index (χ4v) is 3.84. The molecule has 1 fully saturated rings. The van der Waals surface area contributed by atoms with Gasteiger partial charge in [0.1, 0.15) is 0 Å². The zero-order valence-corrected chi connectivity index (χ0v) is 15.6. The highest BCUT2D eigenvalue weighted by Crippen LogP contribution is 2.26. The minimum Gasteiger partial charge on any atom is -0.387 e. The van der Waals surface area contributed by atoms with Crippen LogP contribution in [0.2, 0.25) is 0 Å². The van der Waals surface area contributed by atoms with E-state index >= 15 is 0 Å². The van der Waals surface area contributed by atoms with E-state index in [-0.39, 0.29) is 11.9 Å². The van der Waals surface area contributed by atoms with Crippen molar-refractivity contribution in [1.82, 2.24) is 14.7 Å². The molecule has 1 aromatic heterocycles. The topological polar surface area (TPSA) is 58.4 Å². The van der Waals surface area contributed by atoms with Crippen molar-refractivity contribution in [1.29, 1.82) is 0 Å². The summed E-state index contributed by atoms with van der Waals surface area (Å²) in [5.41, 5.74) is 1.93. The maximum absolute atomic E-state index is 13.0. The standard InChI is InChI=1S/C21H29N3O2/c1-23-18(14-15-22-23)12-13-21(26)24(19-10-6-3-7-11-19)16-20(25)17-8-4-2-5-9-17/h2,4-5,8-9,14-15,19-20,25H,3,6-7,10-13,16H2,1H3/t20-/m1/s1. The van der Waals surface area contributed by atoms with Crippen molar-refractivity contribution in [3.05, 3.63) is 53.9 Å². The van der Waals surface area contributed by atoms with Crippen molar-refractivity contribution in [2.45, 2.75) is 57.1 Å². The quantitative estimate of drug-likeness (QED) is 0.829. The van der Waals surface area contributed by atoms with Crippen molar-refractivity contribution in [2.75, 3.05) is 6.54 Å². The third-order valence-corrected chi connectivity index (χ3v) is 5.41. The summed E-state index contributed by atoms with van der Waals surface area (Å²) in [5.74, 6) is 0.132. The summed E-state index contributed by atoms with van der Waals surface area (Å²) >= 11 is 0. The van der Waals surface area contributed by atoms with Crippen LogP contribution in [-0.4, -0.2) is 38.3 Å². The lowest BCUT2D eigenvalue weighted by molar-refractivity contribution is -0.136. The van der Waals surface area contributed by atoms with Crippen LogP contribution in [0, 0.1) is 0 Å². The molecular formula is C21H29N3O2. The Morgan fingerprint density at radius 1 is 1.23 bits per heavy atom. The Hall–Kier alpha value is -2.14. The lowest BCUT2D eigenvalue weighted by atomic mass is 9.93. The molecule has 140 valence electrons. The number of carbonyl (C=O) groups excluding carboxylic acids is 1. The smallest absolute Gasteiger partial charge is 0.223 e. The Labute approximate surface area is 155 Å². The van der Waals surface area contributed by atoms with E-state index in [0.717, 1.165) is 36.9 Å². The molecule has 1 atom stereocenters. The van der Waals surface area contributed by atoms with Crippen molar-refractivity contribution < 1.29 is 9.90 Å². The number of hydrogen-bond donors (Lipinski definition) is 1. The van der Waals surface area contributed by atoms with Crippen molar-refractivity contribution in [3.8, 4) is 0 Å². The van der Waals surface area contributed by atoms with E-state index in [1.807, 2.05) is 53.0 Å². The van der Waals surface area contributed by atoms with Gasteiger partial charge < -0.3 is 10.0 Å². The molecule has 0 bridgehead atoms. The van der Waals surface area contributed by atoms with Crippen molar-refractivity contribution in [3.63, 3.8) is 0 Å². The summed E-state index contributed by atoms with van der Waals surface area (Å²) in [6, 6.07) is 11.8. The summed E-state index contributed by atoms with van der Waals surface area (Å²) in [7, 11) is 1.90.